The predicted molar refractivity (Wildman–Crippen MR) is 79.6 cm³/mol. The zero-order valence-electron chi connectivity index (χ0n) is 11.8. The Morgan fingerprint density at radius 3 is 2.16 bits per heavy atom. The molecule has 2 nitrogen and oxygen atoms in total. The van der Waals surface area contributed by atoms with E-state index in [0.29, 0.717) is 5.41 Å². The van der Waals surface area contributed by atoms with E-state index in [9.17, 15) is 0 Å². The Kier molecular flexibility index (Phi) is 3.79. The van der Waals surface area contributed by atoms with Crippen molar-refractivity contribution in [2.45, 2.75) is 44.9 Å². The van der Waals surface area contributed by atoms with Gasteiger partial charge < -0.3 is 10.0 Å². The van der Waals surface area contributed by atoms with Crippen LogP contribution >= 0.6 is 0 Å². The Hall–Kier alpha value is -1.02. The van der Waals surface area contributed by atoms with Crippen LogP contribution in [0, 0.1) is 5.41 Å². The average Bonchev–Trinajstić information content (AvgIpc) is 2.64. The number of hydrogen-bond donors (Lipinski definition) is 1. The van der Waals surface area contributed by atoms with Crippen molar-refractivity contribution in [2.75, 3.05) is 24.6 Å². The smallest absolute Gasteiger partial charge is 0.0471 e. The first-order valence-electron chi connectivity index (χ1n) is 7.76. The first-order chi connectivity index (χ1) is 9.31. The van der Waals surface area contributed by atoms with E-state index in [1.807, 2.05) is 0 Å². The molecule has 1 aromatic carbocycles. The molecule has 1 heterocycles. The van der Waals surface area contributed by atoms with Crippen molar-refractivity contribution in [1.29, 1.82) is 0 Å². The van der Waals surface area contributed by atoms with E-state index in [0.717, 1.165) is 6.42 Å². The van der Waals surface area contributed by atoms with Crippen LogP contribution in [0.4, 0.5) is 5.69 Å². The largest absolute Gasteiger partial charge is 0.396 e. The lowest BCUT2D eigenvalue weighted by Gasteiger charge is -2.51. The molecule has 0 amide bonds. The fourth-order valence-corrected chi connectivity index (χ4v) is 3.74. The van der Waals surface area contributed by atoms with Gasteiger partial charge in [0.15, 0.2) is 0 Å². The van der Waals surface area contributed by atoms with Crippen LogP contribution < -0.4 is 4.90 Å². The molecule has 0 unspecified atom stereocenters. The molecule has 1 saturated heterocycles. The number of benzene rings is 1. The van der Waals surface area contributed by atoms with Gasteiger partial charge in [-0.3, -0.25) is 0 Å². The highest BCUT2D eigenvalue weighted by Crippen LogP contribution is 2.44. The normalized spacial score (nSPS) is 22.1. The lowest BCUT2D eigenvalue weighted by atomic mass is 9.73. The molecule has 0 atom stereocenters. The molecule has 1 spiro atoms. The van der Waals surface area contributed by atoms with E-state index in [4.69, 9.17) is 5.11 Å². The Balaban J connectivity index is 1.60. The second kappa shape index (κ2) is 5.54. The van der Waals surface area contributed by atoms with Crippen molar-refractivity contribution in [3.63, 3.8) is 0 Å². The van der Waals surface area contributed by atoms with Crippen molar-refractivity contribution in [3.8, 4) is 0 Å². The molecule has 19 heavy (non-hydrogen) atoms. The topological polar surface area (TPSA) is 23.5 Å². The summed E-state index contributed by atoms with van der Waals surface area (Å²) in [7, 11) is 0. The van der Waals surface area contributed by atoms with Gasteiger partial charge in [-0.2, -0.15) is 0 Å². The third-order valence-corrected chi connectivity index (χ3v) is 4.92. The summed E-state index contributed by atoms with van der Waals surface area (Å²) in [5.74, 6) is 0. The predicted octanol–water partition coefficient (Wildman–Crippen LogP) is 3.38. The summed E-state index contributed by atoms with van der Waals surface area (Å²) in [6.45, 7) is 2.75. The van der Waals surface area contributed by atoms with Crippen LogP contribution in [-0.2, 0) is 6.42 Å². The van der Waals surface area contributed by atoms with Crippen molar-refractivity contribution < 1.29 is 5.11 Å². The quantitative estimate of drug-likeness (QED) is 0.899. The third kappa shape index (κ3) is 2.79. The minimum atomic E-state index is 0.242. The SMILES string of the molecule is OCCc1ccc(N2CC3(CCCCCC3)C2)cc1. The molecular formula is C17H25NO. The summed E-state index contributed by atoms with van der Waals surface area (Å²) >= 11 is 0. The zero-order chi connectivity index (χ0) is 13.1. The van der Waals surface area contributed by atoms with Gasteiger partial charge in [-0.15, -0.1) is 0 Å². The van der Waals surface area contributed by atoms with E-state index in [2.05, 4.69) is 29.2 Å². The van der Waals surface area contributed by atoms with Crippen LogP contribution in [0.25, 0.3) is 0 Å². The van der Waals surface area contributed by atoms with Crippen molar-refractivity contribution in [1.82, 2.24) is 0 Å². The second-order valence-corrected chi connectivity index (χ2v) is 6.41. The van der Waals surface area contributed by atoms with E-state index in [-0.39, 0.29) is 6.61 Å². The Bertz CT molecular complexity index is 396. The van der Waals surface area contributed by atoms with Gasteiger partial charge in [0.25, 0.3) is 0 Å². The molecule has 0 aromatic heterocycles. The molecule has 1 aliphatic carbocycles. The maximum atomic E-state index is 8.94. The number of rotatable bonds is 3. The standard InChI is InChI=1S/C17H25NO/c19-12-9-15-5-7-16(8-6-15)18-13-17(14-18)10-3-1-2-4-11-17/h5-8,19H,1-4,9-14H2. The second-order valence-electron chi connectivity index (χ2n) is 6.41. The minimum Gasteiger partial charge on any atom is -0.396 e. The van der Waals surface area contributed by atoms with Gasteiger partial charge in [-0.25, -0.2) is 0 Å². The van der Waals surface area contributed by atoms with Crippen LogP contribution in [0.5, 0.6) is 0 Å². The molecular weight excluding hydrogens is 234 g/mol. The van der Waals surface area contributed by atoms with Gasteiger partial charge in [-0.1, -0.05) is 37.8 Å². The number of anilines is 1. The fraction of sp³-hybridized carbons (Fsp3) is 0.647. The Morgan fingerprint density at radius 2 is 1.58 bits per heavy atom. The maximum absolute atomic E-state index is 8.94. The molecule has 1 saturated carbocycles. The van der Waals surface area contributed by atoms with Crippen molar-refractivity contribution in [3.05, 3.63) is 29.8 Å². The minimum absolute atomic E-state index is 0.242. The molecule has 2 aliphatic rings. The molecule has 1 N–H and O–H groups in total. The first kappa shape index (κ1) is 13.0. The number of hydrogen-bond acceptors (Lipinski definition) is 2. The van der Waals surface area contributed by atoms with Crippen LogP contribution in [-0.4, -0.2) is 24.8 Å². The van der Waals surface area contributed by atoms with E-state index >= 15 is 0 Å². The van der Waals surface area contributed by atoms with Crippen LogP contribution in [0.2, 0.25) is 0 Å². The summed E-state index contributed by atoms with van der Waals surface area (Å²) in [5, 5.41) is 8.94. The maximum Gasteiger partial charge on any atom is 0.0471 e. The summed E-state index contributed by atoms with van der Waals surface area (Å²) in [6.07, 6.45) is 9.39. The average molecular weight is 259 g/mol. The molecule has 1 aliphatic heterocycles. The molecule has 3 rings (SSSR count). The van der Waals surface area contributed by atoms with Crippen molar-refractivity contribution in [2.24, 2.45) is 5.41 Å². The highest BCUT2D eigenvalue weighted by Gasteiger charge is 2.42. The van der Waals surface area contributed by atoms with Crippen LogP contribution in [0.15, 0.2) is 24.3 Å². The Morgan fingerprint density at radius 1 is 0.947 bits per heavy atom. The zero-order valence-corrected chi connectivity index (χ0v) is 11.8. The van der Waals surface area contributed by atoms with Crippen molar-refractivity contribution >= 4 is 5.69 Å². The first-order valence-corrected chi connectivity index (χ1v) is 7.76. The summed E-state index contributed by atoms with van der Waals surface area (Å²) in [5.41, 5.74) is 3.23. The number of nitrogens with zero attached hydrogens (tertiary/aromatic N) is 1. The molecule has 1 aromatic rings. The molecule has 104 valence electrons. The fourth-order valence-electron chi connectivity index (χ4n) is 3.74. The van der Waals surface area contributed by atoms with Crippen LogP contribution in [0.3, 0.4) is 0 Å². The monoisotopic (exact) mass is 259 g/mol. The summed E-state index contributed by atoms with van der Waals surface area (Å²) < 4.78 is 0. The highest BCUT2D eigenvalue weighted by atomic mass is 16.2. The Labute approximate surface area is 116 Å². The molecule has 2 fully saturated rings. The van der Waals surface area contributed by atoms with E-state index < -0.39 is 0 Å². The summed E-state index contributed by atoms with van der Waals surface area (Å²) in [6, 6.07) is 8.75. The lowest BCUT2D eigenvalue weighted by Crippen LogP contribution is -2.56. The van der Waals surface area contributed by atoms with Gasteiger partial charge in [0.1, 0.15) is 0 Å². The van der Waals surface area contributed by atoms with Gasteiger partial charge in [-0.05, 0) is 37.0 Å². The lowest BCUT2D eigenvalue weighted by molar-refractivity contribution is 0.180. The number of aliphatic hydroxyl groups is 1. The van der Waals surface area contributed by atoms with Gasteiger partial charge in [0.05, 0.1) is 0 Å². The van der Waals surface area contributed by atoms with E-state index in [1.54, 1.807) is 0 Å². The number of aliphatic hydroxyl groups excluding tert-OH is 1. The van der Waals surface area contributed by atoms with Gasteiger partial charge >= 0.3 is 0 Å². The van der Waals surface area contributed by atoms with Crippen LogP contribution in [0.1, 0.15) is 44.1 Å². The molecule has 2 heteroatoms. The van der Waals surface area contributed by atoms with E-state index in [1.165, 1.54) is 62.9 Å². The summed E-state index contributed by atoms with van der Waals surface area (Å²) in [4.78, 5) is 2.52. The third-order valence-electron chi connectivity index (χ3n) is 4.92. The van der Waals surface area contributed by atoms with Gasteiger partial charge in [0.2, 0.25) is 0 Å². The molecule has 0 radical (unpaired) electrons. The highest BCUT2D eigenvalue weighted by molar-refractivity contribution is 5.51. The molecule has 0 bridgehead atoms. The van der Waals surface area contributed by atoms with Gasteiger partial charge in [0, 0.05) is 30.8 Å².